The first-order valence-electron chi connectivity index (χ1n) is 13.4. The lowest BCUT2D eigenvalue weighted by molar-refractivity contribution is -0.170. The van der Waals surface area contributed by atoms with Crippen molar-refractivity contribution in [1.82, 2.24) is 5.32 Å². The van der Waals surface area contributed by atoms with Gasteiger partial charge in [0.2, 0.25) is 5.91 Å². The van der Waals surface area contributed by atoms with Gasteiger partial charge in [0.25, 0.3) is 10.1 Å². The Bertz CT molecular complexity index is 867. The number of nitrogens with one attached hydrogen (secondary N) is 1. The SMILES string of the molecule is CC(CCC(=O)NCCS(=O)(=O)O)C1CCC2C3C(O)CC4CC(F)CCC4(C)C3CCC12C. The average Bonchev–Trinajstić information content (AvgIpc) is 3.09. The number of rotatable bonds is 7. The van der Waals surface area contributed by atoms with Gasteiger partial charge in [0.05, 0.1) is 11.9 Å². The number of aliphatic hydroxyl groups excluding tert-OH is 1. The monoisotopic (exact) mass is 501 g/mol. The van der Waals surface area contributed by atoms with Crippen molar-refractivity contribution in [1.29, 1.82) is 0 Å². The molecule has 10 unspecified atom stereocenters. The van der Waals surface area contributed by atoms with Crippen LogP contribution < -0.4 is 5.32 Å². The Labute approximate surface area is 204 Å². The van der Waals surface area contributed by atoms with Crippen LogP contribution in [0.3, 0.4) is 0 Å². The normalized spacial score (nSPS) is 45.1. The number of alkyl halides is 1. The standard InChI is InChI=1S/C26H44FNO5S/c1-16(4-7-23(30)28-12-13-34(31,32)33)19-5-6-20-24-21(9-11-26(19,20)3)25(2)10-8-18(27)14-17(25)15-22(24)29/h16-22,24,29H,4-15H2,1-3H3,(H,28,30)(H,31,32,33). The van der Waals surface area contributed by atoms with Crippen LogP contribution in [0.1, 0.15) is 85.0 Å². The zero-order valence-electron chi connectivity index (χ0n) is 21.0. The van der Waals surface area contributed by atoms with Crippen molar-refractivity contribution in [3.63, 3.8) is 0 Å². The summed E-state index contributed by atoms with van der Waals surface area (Å²) in [6.07, 6.45) is 7.52. The molecule has 0 aliphatic heterocycles. The van der Waals surface area contributed by atoms with Crippen molar-refractivity contribution in [2.24, 2.45) is 46.3 Å². The van der Waals surface area contributed by atoms with Gasteiger partial charge in [-0.05, 0) is 104 Å². The summed E-state index contributed by atoms with van der Waals surface area (Å²) in [6.45, 7) is 6.95. The molecule has 1 amide bonds. The first-order valence-corrected chi connectivity index (χ1v) is 15.0. The Morgan fingerprint density at radius 1 is 1.09 bits per heavy atom. The Hall–Kier alpha value is -0.730. The maximum absolute atomic E-state index is 14.2. The largest absolute Gasteiger partial charge is 0.393 e. The van der Waals surface area contributed by atoms with Crippen LogP contribution in [-0.4, -0.2) is 48.6 Å². The van der Waals surface area contributed by atoms with Gasteiger partial charge in [-0.25, -0.2) is 4.39 Å². The van der Waals surface area contributed by atoms with Gasteiger partial charge in [-0.2, -0.15) is 8.42 Å². The van der Waals surface area contributed by atoms with Crippen LogP contribution in [0.5, 0.6) is 0 Å². The van der Waals surface area contributed by atoms with E-state index in [0.29, 0.717) is 54.8 Å². The van der Waals surface area contributed by atoms with Crippen molar-refractivity contribution in [2.45, 2.75) is 97.3 Å². The summed E-state index contributed by atoms with van der Waals surface area (Å²) in [5, 5.41) is 13.9. The molecule has 34 heavy (non-hydrogen) atoms. The van der Waals surface area contributed by atoms with Crippen LogP contribution in [0.25, 0.3) is 0 Å². The topological polar surface area (TPSA) is 104 Å². The summed E-state index contributed by atoms with van der Waals surface area (Å²) >= 11 is 0. The highest BCUT2D eigenvalue weighted by Gasteiger charge is 2.62. The molecule has 4 aliphatic rings. The zero-order chi connectivity index (χ0) is 24.9. The fourth-order valence-corrected chi connectivity index (χ4v) is 9.47. The number of amides is 1. The minimum atomic E-state index is -4.07. The van der Waals surface area contributed by atoms with E-state index in [9.17, 15) is 22.7 Å². The van der Waals surface area contributed by atoms with Gasteiger partial charge in [0.1, 0.15) is 6.17 Å². The van der Waals surface area contributed by atoms with Crippen LogP contribution in [-0.2, 0) is 14.9 Å². The molecule has 4 rings (SSSR count). The Morgan fingerprint density at radius 2 is 1.76 bits per heavy atom. The van der Waals surface area contributed by atoms with Gasteiger partial charge >= 0.3 is 0 Å². The Balaban J connectivity index is 1.39. The number of carbonyl (C=O) groups excluding carboxylic acids is 1. The number of halogens is 1. The van der Waals surface area contributed by atoms with E-state index in [2.05, 4.69) is 26.1 Å². The summed E-state index contributed by atoms with van der Waals surface area (Å²) in [5.41, 5.74) is 0.307. The molecular weight excluding hydrogens is 457 g/mol. The maximum Gasteiger partial charge on any atom is 0.266 e. The van der Waals surface area contributed by atoms with E-state index >= 15 is 0 Å². The van der Waals surface area contributed by atoms with Crippen LogP contribution in [0, 0.1) is 46.3 Å². The zero-order valence-corrected chi connectivity index (χ0v) is 21.8. The van der Waals surface area contributed by atoms with Crippen LogP contribution in [0.2, 0.25) is 0 Å². The first-order chi connectivity index (χ1) is 15.8. The molecule has 6 nitrogen and oxygen atoms in total. The number of hydrogen-bond donors (Lipinski definition) is 3. The molecule has 4 aliphatic carbocycles. The van der Waals surface area contributed by atoms with Gasteiger partial charge in [0, 0.05) is 13.0 Å². The fourth-order valence-electron chi connectivity index (χ4n) is 9.11. The molecule has 4 saturated carbocycles. The molecule has 0 spiro atoms. The summed E-state index contributed by atoms with van der Waals surface area (Å²) in [7, 11) is -4.07. The van der Waals surface area contributed by atoms with E-state index in [4.69, 9.17) is 4.55 Å². The molecule has 0 saturated heterocycles. The summed E-state index contributed by atoms with van der Waals surface area (Å²) in [5.74, 6) is 1.79. The lowest BCUT2D eigenvalue weighted by Crippen LogP contribution is -2.58. The molecule has 10 atom stereocenters. The molecule has 0 aromatic rings. The molecule has 4 fully saturated rings. The van der Waals surface area contributed by atoms with E-state index in [1.807, 2.05) is 0 Å². The van der Waals surface area contributed by atoms with Gasteiger partial charge in [-0.3, -0.25) is 9.35 Å². The van der Waals surface area contributed by atoms with E-state index in [1.165, 1.54) is 0 Å². The molecule has 3 N–H and O–H groups in total. The molecular formula is C26H44FNO5S. The van der Waals surface area contributed by atoms with Gasteiger partial charge in [-0.1, -0.05) is 20.8 Å². The second-order valence-electron chi connectivity index (χ2n) is 12.5. The van der Waals surface area contributed by atoms with Gasteiger partial charge in [-0.15, -0.1) is 0 Å². The van der Waals surface area contributed by atoms with Crippen molar-refractivity contribution >= 4 is 16.0 Å². The molecule has 0 bridgehead atoms. The maximum atomic E-state index is 14.2. The minimum Gasteiger partial charge on any atom is -0.393 e. The minimum absolute atomic E-state index is 0.0703. The molecule has 0 aromatic carbocycles. The van der Waals surface area contributed by atoms with Crippen molar-refractivity contribution in [3.05, 3.63) is 0 Å². The second-order valence-corrected chi connectivity index (χ2v) is 14.1. The second kappa shape index (κ2) is 9.62. The highest BCUT2D eigenvalue weighted by Crippen LogP contribution is 2.68. The highest BCUT2D eigenvalue weighted by atomic mass is 32.2. The lowest BCUT2D eigenvalue weighted by atomic mass is 9.43. The van der Waals surface area contributed by atoms with Crippen molar-refractivity contribution < 1.29 is 27.3 Å². The highest BCUT2D eigenvalue weighted by molar-refractivity contribution is 7.85. The molecule has 0 aromatic heterocycles. The predicted molar refractivity (Wildman–Crippen MR) is 129 cm³/mol. The first kappa shape index (κ1) is 26.3. The molecule has 0 heterocycles. The Kier molecular flexibility index (Phi) is 7.45. The third-order valence-corrected chi connectivity index (χ3v) is 11.6. The quantitative estimate of drug-likeness (QED) is 0.449. The number of carbonyl (C=O) groups is 1. The molecule has 0 radical (unpaired) electrons. The van der Waals surface area contributed by atoms with Crippen molar-refractivity contribution in [2.75, 3.05) is 12.3 Å². The van der Waals surface area contributed by atoms with E-state index in [1.54, 1.807) is 0 Å². The summed E-state index contributed by atoms with van der Waals surface area (Å²) < 4.78 is 44.7. The van der Waals surface area contributed by atoms with Crippen molar-refractivity contribution in [3.8, 4) is 0 Å². The van der Waals surface area contributed by atoms with Gasteiger partial charge in [0.15, 0.2) is 0 Å². The molecule has 8 heteroatoms. The average molecular weight is 502 g/mol. The number of aliphatic hydroxyl groups is 1. The van der Waals surface area contributed by atoms with Crippen LogP contribution >= 0.6 is 0 Å². The number of fused-ring (bicyclic) bond motifs is 5. The van der Waals surface area contributed by atoms with E-state index in [-0.39, 0.29) is 29.4 Å². The van der Waals surface area contributed by atoms with Crippen LogP contribution in [0.15, 0.2) is 0 Å². The number of hydrogen-bond acceptors (Lipinski definition) is 4. The van der Waals surface area contributed by atoms with E-state index in [0.717, 1.165) is 44.9 Å². The van der Waals surface area contributed by atoms with Crippen LogP contribution in [0.4, 0.5) is 4.39 Å². The smallest absolute Gasteiger partial charge is 0.266 e. The fraction of sp³-hybridized carbons (Fsp3) is 0.962. The third kappa shape index (κ3) is 4.93. The summed E-state index contributed by atoms with van der Waals surface area (Å²) in [4.78, 5) is 12.2. The van der Waals surface area contributed by atoms with Gasteiger partial charge < -0.3 is 10.4 Å². The Morgan fingerprint density at radius 3 is 2.47 bits per heavy atom. The van der Waals surface area contributed by atoms with E-state index < -0.39 is 22.0 Å². The summed E-state index contributed by atoms with van der Waals surface area (Å²) in [6, 6.07) is 0. The third-order valence-electron chi connectivity index (χ3n) is 10.9. The lowest BCUT2D eigenvalue weighted by Gasteiger charge is -2.62. The molecule has 196 valence electrons. The predicted octanol–water partition coefficient (Wildman–Crippen LogP) is 4.37.